The smallest absolute Gasteiger partial charge is 0.205 e. The van der Waals surface area contributed by atoms with E-state index in [4.69, 9.17) is 0 Å². The molecule has 0 atom stereocenters. The lowest BCUT2D eigenvalue weighted by atomic mass is 10.2. The van der Waals surface area contributed by atoms with Gasteiger partial charge < -0.3 is 24.0 Å². The first-order valence-electron chi connectivity index (χ1n) is 7.10. The van der Waals surface area contributed by atoms with Crippen molar-refractivity contribution in [3.8, 4) is 0 Å². The minimum absolute atomic E-state index is 0. The summed E-state index contributed by atoms with van der Waals surface area (Å²) in [6.07, 6.45) is 11.8. The van der Waals surface area contributed by atoms with Gasteiger partial charge in [-0.05, 0) is 30.0 Å². The molecule has 108 valence electrons. The molecule has 0 aromatic carbocycles. The molecule has 0 unspecified atom stereocenters. The van der Waals surface area contributed by atoms with Gasteiger partial charge in [0.05, 0.1) is 0 Å². The summed E-state index contributed by atoms with van der Waals surface area (Å²) in [6, 6.07) is 10.6. The number of aryl methyl sites for hydroxylation is 1. The maximum Gasteiger partial charge on any atom is 0.205 e. The fourth-order valence-electron chi connectivity index (χ4n) is 2.11. The number of thiophene rings is 1. The second kappa shape index (κ2) is 10.1. The predicted octanol–water partition coefficient (Wildman–Crippen LogP) is 1.79. The van der Waals surface area contributed by atoms with E-state index in [1.807, 2.05) is 0 Å². The Balaban J connectivity index is 0.00000200. The fraction of sp³-hybridized carbons (Fsp3) is 0.353. The van der Waals surface area contributed by atoms with E-state index < -0.39 is 0 Å². The molecule has 0 aliphatic rings. The van der Waals surface area contributed by atoms with Crippen LogP contribution in [0.1, 0.15) is 43.2 Å². The van der Waals surface area contributed by atoms with Crippen LogP contribution >= 0.6 is 11.3 Å². The Kier molecular flexibility index (Phi) is 8.78. The monoisotopic (exact) mass is 399 g/mol. The maximum absolute atomic E-state index is 2.35. The first-order valence-corrected chi connectivity index (χ1v) is 7.98. The van der Waals surface area contributed by atoms with Gasteiger partial charge in [-0.2, -0.15) is 4.57 Å². The third-order valence-corrected chi connectivity index (χ3v) is 4.03. The van der Waals surface area contributed by atoms with Gasteiger partial charge in [0.1, 0.15) is 6.54 Å². The van der Waals surface area contributed by atoms with Crippen LogP contribution in [0.5, 0.6) is 0 Å². The van der Waals surface area contributed by atoms with E-state index in [1.54, 1.807) is 11.3 Å². The van der Waals surface area contributed by atoms with Gasteiger partial charge in [-0.25, -0.2) is 0 Å². The number of pyridine rings is 1. The summed E-state index contributed by atoms with van der Waals surface area (Å²) in [5, 5.41) is 2.11. The van der Waals surface area contributed by atoms with Crippen LogP contribution in [-0.2, 0) is 6.54 Å². The van der Waals surface area contributed by atoms with Crippen molar-refractivity contribution in [2.75, 3.05) is 0 Å². The molecule has 0 amide bonds. The molecular weight excluding hydrogens is 377 g/mol. The minimum Gasteiger partial charge on any atom is -1.00 e. The minimum atomic E-state index is 0. The third kappa shape index (κ3) is 5.75. The molecule has 2 aromatic heterocycles. The molecule has 0 spiro atoms. The lowest BCUT2D eigenvalue weighted by Gasteiger charge is -2.00. The lowest BCUT2D eigenvalue weighted by Crippen LogP contribution is -3.00. The molecule has 2 heterocycles. The van der Waals surface area contributed by atoms with E-state index in [-0.39, 0.29) is 24.0 Å². The van der Waals surface area contributed by atoms with E-state index >= 15 is 0 Å². The Morgan fingerprint density at radius 1 is 1.05 bits per heavy atom. The van der Waals surface area contributed by atoms with Crippen LogP contribution in [0.15, 0.2) is 41.9 Å². The van der Waals surface area contributed by atoms with Crippen LogP contribution in [-0.4, -0.2) is 0 Å². The molecule has 0 bridgehead atoms. The Bertz CT molecular complexity index is 505. The van der Waals surface area contributed by atoms with Gasteiger partial charge in [-0.1, -0.05) is 25.8 Å². The fourth-order valence-corrected chi connectivity index (χ4v) is 2.73. The molecule has 0 saturated heterocycles. The van der Waals surface area contributed by atoms with Crippen molar-refractivity contribution in [1.29, 1.82) is 0 Å². The van der Waals surface area contributed by atoms with Crippen molar-refractivity contribution in [2.24, 2.45) is 0 Å². The Hall–Kier alpha value is -0.680. The first kappa shape index (κ1) is 17.4. The highest BCUT2D eigenvalue weighted by molar-refractivity contribution is 7.10. The number of nitrogens with zero attached hydrogens (tertiary/aromatic N) is 1. The molecule has 0 aliphatic carbocycles. The average Bonchev–Trinajstić information content (AvgIpc) is 2.96. The van der Waals surface area contributed by atoms with Gasteiger partial charge in [0.25, 0.3) is 0 Å². The van der Waals surface area contributed by atoms with Crippen LogP contribution in [0.25, 0.3) is 12.2 Å². The number of hydrogen-bond donors (Lipinski definition) is 0. The highest BCUT2D eigenvalue weighted by Crippen LogP contribution is 2.12. The van der Waals surface area contributed by atoms with Crippen molar-refractivity contribution in [1.82, 2.24) is 0 Å². The number of hydrogen-bond acceptors (Lipinski definition) is 1. The number of aromatic nitrogens is 1. The summed E-state index contributed by atoms with van der Waals surface area (Å²) >= 11 is 1.78. The van der Waals surface area contributed by atoms with E-state index in [0.29, 0.717) is 0 Å². The molecule has 2 rings (SSSR count). The van der Waals surface area contributed by atoms with Crippen molar-refractivity contribution >= 4 is 23.5 Å². The van der Waals surface area contributed by atoms with Gasteiger partial charge in [-0.15, -0.1) is 11.3 Å². The third-order valence-electron chi connectivity index (χ3n) is 3.19. The van der Waals surface area contributed by atoms with Crippen LogP contribution in [0.4, 0.5) is 0 Å². The van der Waals surface area contributed by atoms with Gasteiger partial charge in [0.2, 0.25) is 5.69 Å². The summed E-state index contributed by atoms with van der Waals surface area (Å²) in [6.45, 7) is 3.37. The van der Waals surface area contributed by atoms with Gasteiger partial charge >= 0.3 is 0 Å². The van der Waals surface area contributed by atoms with E-state index in [2.05, 4.69) is 65.6 Å². The predicted molar refractivity (Wildman–Crippen MR) is 84.0 cm³/mol. The quantitative estimate of drug-likeness (QED) is 0.380. The van der Waals surface area contributed by atoms with E-state index in [0.717, 1.165) is 6.54 Å². The van der Waals surface area contributed by atoms with Crippen LogP contribution < -0.4 is 28.5 Å². The Morgan fingerprint density at radius 3 is 2.70 bits per heavy atom. The molecule has 2 aromatic rings. The van der Waals surface area contributed by atoms with Gasteiger partial charge in [0, 0.05) is 29.5 Å². The zero-order chi connectivity index (χ0) is 13.3. The van der Waals surface area contributed by atoms with E-state index in [9.17, 15) is 0 Å². The summed E-state index contributed by atoms with van der Waals surface area (Å²) < 4.78 is 2.35. The first-order chi connectivity index (χ1) is 9.40. The standard InChI is InChI=1S/C17H22NS.HI/c1-2-3-4-6-13-18-14-7-5-9-16(18)11-12-17-10-8-15-19-17;/h5,7-12,14-15H,2-4,6,13H2,1H3;1H/q+1;/p-1. The molecule has 0 fully saturated rings. The molecule has 20 heavy (non-hydrogen) atoms. The zero-order valence-electron chi connectivity index (χ0n) is 12.0. The van der Waals surface area contributed by atoms with Crippen molar-refractivity contribution in [3.05, 3.63) is 52.5 Å². The van der Waals surface area contributed by atoms with Gasteiger partial charge in [-0.3, -0.25) is 0 Å². The lowest BCUT2D eigenvalue weighted by molar-refractivity contribution is -0.699. The van der Waals surface area contributed by atoms with Crippen LogP contribution in [0, 0.1) is 0 Å². The normalized spacial score (nSPS) is 10.7. The second-order valence-corrected chi connectivity index (χ2v) is 5.71. The summed E-state index contributed by atoms with van der Waals surface area (Å²) in [5.41, 5.74) is 1.28. The number of halogens is 1. The van der Waals surface area contributed by atoms with Crippen LogP contribution in [0.3, 0.4) is 0 Å². The number of unbranched alkanes of at least 4 members (excludes halogenated alkanes) is 3. The van der Waals surface area contributed by atoms with Crippen LogP contribution in [0.2, 0.25) is 0 Å². The second-order valence-electron chi connectivity index (χ2n) is 4.73. The van der Waals surface area contributed by atoms with Gasteiger partial charge in [0.15, 0.2) is 6.20 Å². The average molecular weight is 399 g/mol. The van der Waals surface area contributed by atoms with Crippen molar-refractivity contribution in [2.45, 2.75) is 39.2 Å². The SMILES string of the molecule is CCCCCC[n+]1ccccc1C=Cc1cccs1.[I-]. The molecule has 0 radical (unpaired) electrons. The Labute approximate surface area is 143 Å². The maximum atomic E-state index is 2.35. The summed E-state index contributed by atoms with van der Waals surface area (Å²) in [4.78, 5) is 1.31. The molecular formula is C17H22INS. The topological polar surface area (TPSA) is 3.88 Å². The van der Waals surface area contributed by atoms with Crippen molar-refractivity contribution < 1.29 is 28.5 Å². The highest BCUT2D eigenvalue weighted by Gasteiger charge is 2.05. The summed E-state index contributed by atoms with van der Waals surface area (Å²) in [5.74, 6) is 0. The molecule has 3 heteroatoms. The molecule has 0 N–H and O–H groups in total. The molecule has 0 aliphatic heterocycles. The highest BCUT2D eigenvalue weighted by atomic mass is 127. The van der Waals surface area contributed by atoms with Crippen molar-refractivity contribution in [3.63, 3.8) is 0 Å². The summed E-state index contributed by atoms with van der Waals surface area (Å²) in [7, 11) is 0. The molecule has 0 saturated carbocycles. The Morgan fingerprint density at radius 2 is 1.95 bits per heavy atom. The van der Waals surface area contributed by atoms with E-state index in [1.165, 1.54) is 36.3 Å². The largest absolute Gasteiger partial charge is 1.00 e. The molecule has 1 nitrogen and oxygen atoms in total. The zero-order valence-corrected chi connectivity index (χ0v) is 14.9. The number of rotatable bonds is 7.